The molecule has 1 aromatic heterocycles. The average molecular weight is 333 g/mol. The number of fused-ring (bicyclic) bond motifs is 4. The SMILES string of the molecule is Cc1cc(Cc2cccc3ccccc23)nc2c1ccc1ccccc12. The van der Waals surface area contributed by atoms with Gasteiger partial charge in [-0.15, -0.1) is 0 Å². The van der Waals surface area contributed by atoms with Crippen LogP contribution in [0.5, 0.6) is 0 Å². The molecule has 1 nitrogen and oxygen atoms in total. The van der Waals surface area contributed by atoms with Gasteiger partial charge in [0.2, 0.25) is 0 Å². The van der Waals surface area contributed by atoms with Crippen molar-refractivity contribution in [1.82, 2.24) is 4.98 Å². The lowest BCUT2D eigenvalue weighted by Gasteiger charge is -2.11. The fraction of sp³-hybridized carbons (Fsp3) is 0.0800. The Kier molecular flexibility index (Phi) is 3.46. The molecule has 5 aromatic rings. The van der Waals surface area contributed by atoms with Crippen LogP contribution in [-0.2, 0) is 6.42 Å². The van der Waals surface area contributed by atoms with Crippen LogP contribution in [0.2, 0.25) is 0 Å². The molecule has 0 amide bonds. The van der Waals surface area contributed by atoms with Crippen molar-refractivity contribution in [2.45, 2.75) is 13.3 Å². The molecule has 0 aliphatic carbocycles. The maximum atomic E-state index is 5.07. The molecule has 0 radical (unpaired) electrons. The molecular formula is C25H19N. The third-order valence-corrected chi connectivity index (χ3v) is 5.22. The van der Waals surface area contributed by atoms with Gasteiger partial charge in [-0.2, -0.15) is 0 Å². The predicted octanol–water partition coefficient (Wildman–Crippen LogP) is 6.44. The van der Waals surface area contributed by atoms with Crippen LogP contribution in [0, 0.1) is 6.92 Å². The first-order valence-electron chi connectivity index (χ1n) is 9.04. The first kappa shape index (κ1) is 15.1. The van der Waals surface area contributed by atoms with E-state index in [9.17, 15) is 0 Å². The van der Waals surface area contributed by atoms with E-state index >= 15 is 0 Å². The summed E-state index contributed by atoms with van der Waals surface area (Å²) < 4.78 is 0. The van der Waals surface area contributed by atoms with Gasteiger partial charge in [-0.05, 0) is 40.3 Å². The minimum Gasteiger partial charge on any atom is -0.252 e. The summed E-state index contributed by atoms with van der Waals surface area (Å²) in [6.07, 6.45) is 0.849. The summed E-state index contributed by atoms with van der Waals surface area (Å²) in [5.41, 5.74) is 4.85. The van der Waals surface area contributed by atoms with Crippen LogP contribution in [0.15, 0.2) is 84.9 Å². The number of benzene rings is 4. The lowest BCUT2D eigenvalue weighted by Crippen LogP contribution is -1.96. The highest BCUT2D eigenvalue weighted by atomic mass is 14.7. The van der Waals surface area contributed by atoms with Gasteiger partial charge in [-0.3, -0.25) is 4.98 Å². The van der Waals surface area contributed by atoms with Gasteiger partial charge in [0.1, 0.15) is 0 Å². The molecule has 0 fully saturated rings. The number of aromatic nitrogens is 1. The molecule has 5 rings (SSSR count). The number of nitrogens with zero attached hydrogens (tertiary/aromatic N) is 1. The summed E-state index contributed by atoms with van der Waals surface area (Å²) in [5.74, 6) is 0. The Bertz CT molecular complexity index is 1260. The lowest BCUT2D eigenvalue weighted by molar-refractivity contribution is 1.10. The smallest absolute Gasteiger partial charge is 0.0786 e. The van der Waals surface area contributed by atoms with Crippen molar-refractivity contribution in [3.63, 3.8) is 0 Å². The van der Waals surface area contributed by atoms with Gasteiger partial charge < -0.3 is 0 Å². The molecule has 1 heterocycles. The maximum Gasteiger partial charge on any atom is 0.0786 e. The molecule has 0 aliphatic heterocycles. The van der Waals surface area contributed by atoms with Gasteiger partial charge in [0.05, 0.1) is 5.52 Å². The van der Waals surface area contributed by atoms with Crippen molar-refractivity contribution in [1.29, 1.82) is 0 Å². The largest absolute Gasteiger partial charge is 0.252 e. The second kappa shape index (κ2) is 5.96. The minimum absolute atomic E-state index is 0.849. The van der Waals surface area contributed by atoms with Crippen LogP contribution in [0.3, 0.4) is 0 Å². The van der Waals surface area contributed by atoms with E-state index in [2.05, 4.69) is 91.9 Å². The monoisotopic (exact) mass is 333 g/mol. The van der Waals surface area contributed by atoms with Crippen LogP contribution >= 0.6 is 0 Å². The van der Waals surface area contributed by atoms with Crippen molar-refractivity contribution in [3.8, 4) is 0 Å². The Morgan fingerprint density at radius 1 is 0.654 bits per heavy atom. The highest BCUT2D eigenvalue weighted by Gasteiger charge is 2.08. The van der Waals surface area contributed by atoms with Gasteiger partial charge in [-0.25, -0.2) is 0 Å². The van der Waals surface area contributed by atoms with Crippen LogP contribution in [0.4, 0.5) is 0 Å². The number of aryl methyl sites for hydroxylation is 1. The second-order valence-electron chi connectivity index (χ2n) is 6.93. The first-order valence-corrected chi connectivity index (χ1v) is 9.04. The molecule has 0 unspecified atom stereocenters. The van der Waals surface area contributed by atoms with Crippen molar-refractivity contribution in [2.75, 3.05) is 0 Å². The van der Waals surface area contributed by atoms with Crippen LogP contribution < -0.4 is 0 Å². The molecule has 0 atom stereocenters. The normalized spacial score (nSPS) is 11.4. The zero-order valence-electron chi connectivity index (χ0n) is 14.7. The summed E-state index contributed by atoms with van der Waals surface area (Å²) in [5, 5.41) is 6.31. The number of hydrogen-bond donors (Lipinski definition) is 0. The molecule has 0 aliphatic rings. The van der Waals surface area contributed by atoms with Gasteiger partial charge in [0.25, 0.3) is 0 Å². The van der Waals surface area contributed by atoms with Gasteiger partial charge >= 0.3 is 0 Å². The van der Waals surface area contributed by atoms with Gasteiger partial charge in [-0.1, -0.05) is 78.9 Å². The fourth-order valence-corrected chi connectivity index (χ4v) is 3.93. The number of rotatable bonds is 2. The molecule has 0 N–H and O–H groups in total. The molecule has 0 bridgehead atoms. The quantitative estimate of drug-likeness (QED) is 0.339. The average Bonchev–Trinajstić information content (AvgIpc) is 2.68. The molecule has 4 aromatic carbocycles. The molecular weight excluding hydrogens is 314 g/mol. The lowest BCUT2D eigenvalue weighted by atomic mass is 9.98. The van der Waals surface area contributed by atoms with E-state index in [-0.39, 0.29) is 0 Å². The highest BCUT2D eigenvalue weighted by molar-refractivity contribution is 6.06. The molecule has 0 saturated carbocycles. The molecule has 0 spiro atoms. The van der Waals surface area contributed by atoms with Crippen LogP contribution in [0.1, 0.15) is 16.8 Å². The second-order valence-corrected chi connectivity index (χ2v) is 6.93. The highest BCUT2D eigenvalue weighted by Crippen LogP contribution is 2.28. The van der Waals surface area contributed by atoms with Crippen molar-refractivity contribution in [2.24, 2.45) is 0 Å². The predicted molar refractivity (Wildman–Crippen MR) is 111 cm³/mol. The zero-order chi connectivity index (χ0) is 17.5. The van der Waals surface area contributed by atoms with E-state index in [1.54, 1.807) is 0 Å². The Morgan fingerprint density at radius 2 is 1.35 bits per heavy atom. The molecule has 26 heavy (non-hydrogen) atoms. The van der Waals surface area contributed by atoms with E-state index < -0.39 is 0 Å². The van der Waals surface area contributed by atoms with Crippen molar-refractivity contribution < 1.29 is 0 Å². The van der Waals surface area contributed by atoms with Crippen LogP contribution in [-0.4, -0.2) is 4.98 Å². The standard InChI is InChI=1S/C25H19N/c1-17-15-21(16-20-10-6-9-18-7-2-4-11-23(18)20)26-25-22(17)14-13-19-8-3-5-12-24(19)25/h2-15H,16H2,1H3. The van der Waals surface area contributed by atoms with E-state index in [1.165, 1.54) is 38.1 Å². The van der Waals surface area contributed by atoms with E-state index in [1.807, 2.05) is 0 Å². The Morgan fingerprint density at radius 3 is 2.19 bits per heavy atom. The summed E-state index contributed by atoms with van der Waals surface area (Å²) in [7, 11) is 0. The molecule has 0 saturated heterocycles. The summed E-state index contributed by atoms with van der Waals surface area (Å²) in [4.78, 5) is 5.07. The van der Waals surface area contributed by atoms with Crippen molar-refractivity contribution >= 4 is 32.4 Å². The summed E-state index contributed by atoms with van der Waals surface area (Å²) in [6, 6.07) is 30.2. The van der Waals surface area contributed by atoms with E-state index in [0.29, 0.717) is 0 Å². The zero-order valence-corrected chi connectivity index (χ0v) is 14.7. The van der Waals surface area contributed by atoms with Crippen LogP contribution in [0.25, 0.3) is 32.4 Å². The Hall–Kier alpha value is -3.19. The Balaban J connectivity index is 1.70. The third-order valence-electron chi connectivity index (χ3n) is 5.22. The fourth-order valence-electron chi connectivity index (χ4n) is 3.93. The van der Waals surface area contributed by atoms with Gasteiger partial charge in [0, 0.05) is 22.9 Å². The first-order chi connectivity index (χ1) is 12.8. The molecule has 1 heteroatoms. The topological polar surface area (TPSA) is 12.9 Å². The summed E-state index contributed by atoms with van der Waals surface area (Å²) >= 11 is 0. The maximum absolute atomic E-state index is 5.07. The van der Waals surface area contributed by atoms with E-state index in [4.69, 9.17) is 4.98 Å². The van der Waals surface area contributed by atoms with Crippen molar-refractivity contribution in [3.05, 3.63) is 102 Å². The number of pyridine rings is 1. The van der Waals surface area contributed by atoms with Gasteiger partial charge in [0.15, 0.2) is 0 Å². The minimum atomic E-state index is 0.849. The third kappa shape index (κ3) is 2.44. The Labute approximate surface area is 152 Å². The molecule has 124 valence electrons. The number of hydrogen-bond acceptors (Lipinski definition) is 1. The summed E-state index contributed by atoms with van der Waals surface area (Å²) in [6.45, 7) is 2.19. The van der Waals surface area contributed by atoms with E-state index in [0.717, 1.165) is 17.6 Å².